The molecular formula is C8H11N3O2S3. The number of hydrogen-bond donors (Lipinski definition) is 0. The van der Waals surface area contributed by atoms with E-state index < -0.39 is 0 Å². The first-order valence-corrected chi connectivity index (χ1v) is 7.74. The Labute approximate surface area is 106 Å². The highest BCUT2D eigenvalue weighted by Crippen LogP contribution is 2.27. The lowest BCUT2D eigenvalue weighted by atomic mass is 10.6. The van der Waals surface area contributed by atoms with Crippen molar-refractivity contribution in [3.63, 3.8) is 0 Å². The molecule has 1 aromatic rings. The van der Waals surface area contributed by atoms with E-state index in [0.717, 1.165) is 14.4 Å². The molecule has 2 rings (SSSR count). The molecule has 5 nitrogen and oxygen atoms in total. The maximum Gasteiger partial charge on any atom is 0.409 e. The van der Waals surface area contributed by atoms with Crippen LogP contribution in [-0.4, -0.2) is 52.9 Å². The number of thioether (sulfide) groups is 2. The number of nitrogens with zero attached hydrogens (tertiary/aromatic N) is 3. The number of amides is 1. The van der Waals surface area contributed by atoms with E-state index in [1.165, 1.54) is 0 Å². The van der Waals surface area contributed by atoms with E-state index in [1.54, 1.807) is 39.8 Å². The lowest BCUT2D eigenvalue weighted by Crippen LogP contribution is -2.26. The highest BCUT2D eigenvalue weighted by atomic mass is 32.2. The molecule has 1 amide bonds. The van der Waals surface area contributed by atoms with Gasteiger partial charge in [-0.3, -0.25) is 0 Å². The van der Waals surface area contributed by atoms with E-state index >= 15 is 0 Å². The van der Waals surface area contributed by atoms with Crippen LogP contribution >= 0.6 is 34.9 Å². The maximum absolute atomic E-state index is 11.1. The van der Waals surface area contributed by atoms with Crippen LogP contribution in [0.3, 0.4) is 0 Å². The van der Waals surface area contributed by atoms with Crippen LogP contribution in [-0.2, 0) is 4.74 Å². The van der Waals surface area contributed by atoms with E-state index in [0.29, 0.717) is 19.7 Å². The largest absolute Gasteiger partial charge is 0.448 e. The molecular weight excluding hydrogens is 266 g/mol. The predicted molar refractivity (Wildman–Crippen MR) is 65.3 cm³/mol. The van der Waals surface area contributed by atoms with Crippen LogP contribution < -0.4 is 0 Å². The predicted octanol–water partition coefficient (Wildman–Crippen LogP) is 1.80. The molecule has 0 unspecified atom stereocenters. The van der Waals surface area contributed by atoms with Crippen molar-refractivity contribution in [2.24, 2.45) is 0 Å². The van der Waals surface area contributed by atoms with E-state index in [1.807, 2.05) is 6.26 Å². The summed E-state index contributed by atoms with van der Waals surface area (Å²) >= 11 is 4.81. The molecule has 2 heterocycles. The van der Waals surface area contributed by atoms with Crippen molar-refractivity contribution in [1.82, 2.24) is 15.1 Å². The minimum absolute atomic E-state index is 0.206. The quantitative estimate of drug-likeness (QED) is 0.765. The van der Waals surface area contributed by atoms with Crippen LogP contribution in [0.5, 0.6) is 0 Å². The van der Waals surface area contributed by atoms with Gasteiger partial charge in [0.1, 0.15) is 6.61 Å². The first kappa shape index (κ1) is 12.0. The van der Waals surface area contributed by atoms with Crippen molar-refractivity contribution in [1.29, 1.82) is 0 Å². The SMILES string of the molecule is CSc1nnc(SCCN2CCOC2=O)s1. The van der Waals surface area contributed by atoms with Gasteiger partial charge in [0.2, 0.25) is 0 Å². The summed E-state index contributed by atoms with van der Waals surface area (Å²) in [6.07, 6.45) is 1.78. The van der Waals surface area contributed by atoms with Crippen molar-refractivity contribution in [2.45, 2.75) is 8.68 Å². The number of ether oxygens (including phenoxy) is 1. The van der Waals surface area contributed by atoms with Gasteiger partial charge in [0, 0.05) is 12.3 Å². The van der Waals surface area contributed by atoms with Gasteiger partial charge in [-0.25, -0.2) is 4.79 Å². The van der Waals surface area contributed by atoms with Crippen molar-refractivity contribution in [3.8, 4) is 0 Å². The van der Waals surface area contributed by atoms with Crippen LogP contribution in [0.2, 0.25) is 0 Å². The number of hydrogen-bond acceptors (Lipinski definition) is 7. The summed E-state index contributed by atoms with van der Waals surface area (Å²) in [7, 11) is 0. The van der Waals surface area contributed by atoms with E-state index in [9.17, 15) is 4.79 Å². The molecule has 1 fully saturated rings. The van der Waals surface area contributed by atoms with Gasteiger partial charge in [0.25, 0.3) is 0 Å². The molecule has 0 N–H and O–H groups in total. The average Bonchev–Trinajstić information content (AvgIpc) is 2.89. The van der Waals surface area contributed by atoms with E-state index in [-0.39, 0.29) is 6.09 Å². The maximum atomic E-state index is 11.1. The summed E-state index contributed by atoms with van der Waals surface area (Å²) < 4.78 is 6.77. The fraction of sp³-hybridized carbons (Fsp3) is 0.625. The Morgan fingerprint density at radius 3 is 2.94 bits per heavy atom. The van der Waals surface area contributed by atoms with Crippen molar-refractivity contribution in [3.05, 3.63) is 0 Å². The van der Waals surface area contributed by atoms with Gasteiger partial charge in [-0.05, 0) is 6.26 Å². The lowest BCUT2D eigenvalue weighted by Gasteiger charge is -2.10. The number of cyclic esters (lactones) is 1. The van der Waals surface area contributed by atoms with Crippen LogP contribution in [0.4, 0.5) is 4.79 Å². The summed E-state index contributed by atoms with van der Waals surface area (Å²) in [5.74, 6) is 0.831. The molecule has 1 aliphatic heterocycles. The van der Waals surface area contributed by atoms with Gasteiger partial charge >= 0.3 is 6.09 Å². The molecule has 0 atom stereocenters. The summed E-state index contributed by atoms with van der Waals surface area (Å²) in [5.41, 5.74) is 0. The molecule has 0 spiro atoms. The third-order valence-corrected chi connectivity index (χ3v) is 5.01. The summed E-state index contributed by atoms with van der Waals surface area (Å²) in [5, 5.41) is 8.05. The Balaban J connectivity index is 1.73. The van der Waals surface area contributed by atoms with Crippen LogP contribution in [0.1, 0.15) is 0 Å². The average molecular weight is 277 g/mol. The molecule has 0 radical (unpaired) electrons. The molecule has 8 heteroatoms. The Hall–Kier alpha value is -0.470. The smallest absolute Gasteiger partial charge is 0.409 e. The van der Waals surface area contributed by atoms with Gasteiger partial charge in [0.05, 0.1) is 6.54 Å². The Morgan fingerprint density at radius 2 is 2.31 bits per heavy atom. The van der Waals surface area contributed by atoms with Crippen molar-refractivity contribution in [2.75, 3.05) is 31.7 Å². The van der Waals surface area contributed by atoms with Gasteiger partial charge in [-0.15, -0.1) is 10.2 Å². The second-order valence-electron chi connectivity index (χ2n) is 2.99. The van der Waals surface area contributed by atoms with Gasteiger partial charge in [0.15, 0.2) is 8.68 Å². The first-order valence-electron chi connectivity index (χ1n) is 4.71. The Morgan fingerprint density at radius 1 is 1.50 bits per heavy atom. The van der Waals surface area contributed by atoms with Crippen LogP contribution in [0.25, 0.3) is 0 Å². The zero-order chi connectivity index (χ0) is 11.4. The Bertz CT molecular complexity index is 371. The monoisotopic (exact) mass is 277 g/mol. The third kappa shape index (κ3) is 3.02. The third-order valence-electron chi connectivity index (χ3n) is 1.99. The Kier molecular flexibility index (Phi) is 4.30. The fourth-order valence-electron chi connectivity index (χ4n) is 1.21. The fourth-order valence-corrected chi connectivity index (χ4v) is 3.68. The molecule has 16 heavy (non-hydrogen) atoms. The van der Waals surface area contributed by atoms with Gasteiger partial charge in [-0.2, -0.15) is 0 Å². The number of rotatable bonds is 5. The van der Waals surface area contributed by atoms with Crippen molar-refractivity contribution >= 4 is 41.0 Å². The van der Waals surface area contributed by atoms with E-state index in [2.05, 4.69) is 10.2 Å². The normalized spacial score (nSPS) is 15.6. The van der Waals surface area contributed by atoms with Crippen LogP contribution in [0.15, 0.2) is 8.68 Å². The minimum Gasteiger partial charge on any atom is -0.448 e. The summed E-state index contributed by atoms with van der Waals surface area (Å²) in [6, 6.07) is 0. The van der Waals surface area contributed by atoms with Crippen LogP contribution in [0, 0.1) is 0 Å². The second-order valence-corrected chi connectivity index (χ2v) is 6.36. The zero-order valence-electron chi connectivity index (χ0n) is 8.71. The first-order chi connectivity index (χ1) is 7.79. The minimum atomic E-state index is -0.206. The standard InChI is InChI=1S/C8H11N3O2S3/c1-14-6-9-10-7(16-6)15-5-3-11-2-4-13-8(11)12/h2-5H2,1H3. The molecule has 88 valence electrons. The molecule has 0 bridgehead atoms. The second kappa shape index (κ2) is 5.74. The molecule has 0 aromatic carbocycles. The molecule has 0 saturated carbocycles. The highest BCUT2D eigenvalue weighted by Gasteiger charge is 2.21. The topological polar surface area (TPSA) is 55.3 Å². The van der Waals surface area contributed by atoms with Crippen molar-refractivity contribution < 1.29 is 9.53 Å². The molecule has 1 saturated heterocycles. The molecule has 1 aliphatic rings. The van der Waals surface area contributed by atoms with Gasteiger partial charge in [-0.1, -0.05) is 34.9 Å². The summed E-state index contributed by atoms with van der Waals surface area (Å²) in [4.78, 5) is 12.8. The summed E-state index contributed by atoms with van der Waals surface area (Å²) in [6.45, 7) is 1.92. The number of carbonyl (C=O) groups excluding carboxylic acids is 1. The number of aromatic nitrogens is 2. The highest BCUT2D eigenvalue weighted by molar-refractivity contribution is 8.02. The lowest BCUT2D eigenvalue weighted by molar-refractivity contribution is 0.160. The van der Waals surface area contributed by atoms with E-state index in [4.69, 9.17) is 4.74 Å². The molecule has 0 aliphatic carbocycles. The zero-order valence-corrected chi connectivity index (χ0v) is 11.2. The molecule has 1 aromatic heterocycles. The van der Waals surface area contributed by atoms with Gasteiger partial charge < -0.3 is 9.64 Å². The number of carbonyl (C=O) groups is 1.